The minimum Gasteiger partial charge on any atom is -0.430 e. The van der Waals surface area contributed by atoms with Crippen LogP contribution in [-0.2, 0) is 0 Å². The molecule has 0 radical (unpaired) electrons. The van der Waals surface area contributed by atoms with Crippen molar-refractivity contribution in [3.63, 3.8) is 0 Å². The molecule has 0 atom stereocenters. The summed E-state index contributed by atoms with van der Waals surface area (Å²) in [6.45, 7) is 0. The Morgan fingerprint density at radius 3 is 2.64 bits per heavy atom. The van der Waals surface area contributed by atoms with E-state index in [1.54, 1.807) is 42.5 Å². The fraction of sp³-hybridized carbons (Fsp3) is 0. The minimum absolute atomic E-state index is 0.136. The second kappa shape index (κ2) is 5.57. The maximum Gasteiger partial charge on any atom is 0.417 e. The first-order valence-corrected chi connectivity index (χ1v) is 6.36. The number of benzene rings is 1. The Balaban J connectivity index is 1.91. The third-order valence-electron chi connectivity index (χ3n) is 2.87. The van der Waals surface area contributed by atoms with Crippen LogP contribution in [0.2, 0.25) is 0 Å². The lowest BCUT2D eigenvalue weighted by atomic mass is 10.2. The van der Waals surface area contributed by atoms with Gasteiger partial charge in [-0.3, -0.25) is 10.1 Å². The number of para-hydroxylation sites is 1. The summed E-state index contributed by atoms with van der Waals surface area (Å²) >= 11 is 0. The van der Waals surface area contributed by atoms with Crippen LogP contribution < -0.4 is 15.8 Å². The zero-order valence-corrected chi connectivity index (χ0v) is 11.3. The Bertz CT molecular complexity index is 842. The van der Waals surface area contributed by atoms with Crippen molar-refractivity contribution in [3.8, 4) is 5.75 Å². The summed E-state index contributed by atoms with van der Waals surface area (Å²) in [7, 11) is 0. The lowest BCUT2D eigenvalue weighted by Gasteiger charge is -2.06. The van der Waals surface area contributed by atoms with Crippen LogP contribution in [0.25, 0.3) is 11.1 Å². The second-order valence-corrected chi connectivity index (χ2v) is 4.35. The van der Waals surface area contributed by atoms with Crippen LogP contribution >= 0.6 is 0 Å². The SMILES string of the molecule is NC(=O)c1oc2ncccc2c1NC(=O)Oc1ccccc1. The maximum atomic E-state index is 12.0. The van der Waals surface area contributed by atoms with Gasteiger partial charge in [-0.25, -0.2) is 9.78 Å². The van der Waals surface area contributed by atoms with E-state index in [1.807, 2.05) is 0 Å². The predicted molar refractivity (Wildman–Crippen MR) is 78.6 cm³/mol. The van der Waals surface area contributed by atoms with Crippen molar-refractivity contribution in [2.24, 2.45) is 5.73 Å². The van der Waals surface area contributed by atoms with Crippen molar-refractivity contribution in [3.05, 3.63) is 54.4 Å². The van der Waals surface area contributed by atoms with Gasteiger partial charge in [-0.15, -0.1) is 0 Å². The van der Waals surface area contributed by atoms with E-state index < -0.39 is 12.0 Å². The number of furan rings is 1. The highest BCUT2D eigenvalue weighted by Gasteiger charge is 2.21. The van der Waals surface area contributed by atoms with E-state index in [0.717, 1.165) is 0 Å². The molecule has 0 saturated heterocycles. The van der Waals surface area contributed by atoms with Gasteiger partial charge in [0.1, 0.15) is 11.4 Å². The third-order valence-corrected chi connectivity index (χ3v) is 2.87. The molecule has 0 bridgehead atoms. The van der Waals surface area contributed by atoms with E-state index in [0.29, 0.717) is 11.1 Å². The van der Waals surface area contributed by atoms with Crippen molar-refractivity contribution in [2.75, 3.05) is 5.32 Å². The number of nitrogens with two attached hydrogens (primary N) is 1. The molecule has 110 valence electrons. The zero-order valence-electron chi connectivity index (χ0n) is 11.3. The van der Waals surface area contributed by atoms with Gasteiger partial charge >= 0.3 is 6.09 Å². The summed E-state index contributed by atoms with van der Waals surface area (Å²) in [4.78, 5) is 27.4. The summed E-state index contributed by atoms with van der Waals surface area (Å²) in [6, 6.07) is 11.8. The topological polar surface area (TPSA) is 107 Å². The number of amides is 2. The van der Waals surface area contributed by atoms with E-state index >= 15 is 0 Å². The molecular weight excluding hydrogens is 286 g/mol. The number of rotatable bonds is 3. The first-order chi connectivity index (χ1) is 10.6. The molecular formula is C15H11N3O4. The highest BCUT2D eigenvalue weighted by molar-refractivity contribution is 6.08. The van der Waals surface area contributed by atoms with E-state index in [2.05, 4.69) is 10.3 Å². The first-order valence-electron chi connectivity index (χ1n) is 6.36. The molecule has 7 nitrogen and oxygen atoms in total. The number of nitrogens with zero attached hydrogens (tertiary/aromatic N) is 1. The van der Waals surface area contributed by atoms with E-state index in [9.17, 15) is 9.59 Å². The Labute approximate surface area is 124 Å². The van der Waals surface area contributed by atoms with Crippen molar-refractivity contribution in [1.82, 2.24) is 4.98 Å². The minimum atomic E-state index is -0.812. The molecule has 0 unspecified atom stereocenters. The van der Waals surface area contributed by atoms with Crippen molar-refractivity contribution in [1.29, 1.82) is 0 Å². The first kappa shape index (κ1) is 13.6. The molecule has 0 aliphatic carbocycles. The zero-order chi connectivity index (χ0) is 15.5. The molecule has 0 fully saturated rings. The molecule has 3 rings (SSSR count). The summed E-state index contributed by atoms with van der Waals surface area (Å²) in [5.74, 6) is -0.627. The lowest BCUT2D eigenvalue weighted by Crippen LogP contribution is -2.19. The molecule has 22 heavy (non-hydrogen) atoms. The van der Waals surface area contributed by atoms with Crippen LogP contribution in [0.15, 0.2) is 53.1 Å². The van der Waals surface area contributed by atoms with Crippen LogP contribution in [-0.4, -0.2) is 17.0 Å². The van der Waals surface area contributed by atoms with Crippen molar-refractivity contribution >= 4 is 28.8 Å². The number of primary amides is 1. The fourth-order valence-corrected chi connectivity index (χ4v) is 1.95. The van der Waals surface area contributed by atoms with Gasteiger partial charge in [0.2, 0.25) is 11.5 Å². The number of anilines is 1. The highest BCUT2D eigenvalue weighted by atomic mass is 16.6. The average molecular weight is 297 g/mol. The number of carbonyl (C=O) groups is 2. The number of aromatic nitrogens is 1. The monoisotopic (exact) mass is 297 g/mol. The third kappa shape index (κ3) is 2.59. The number of carbonyl (C=O) groups excluding carboxylic acids is 2. The van der Waals surface area contributed by atoms with E-state index in [4.69, 9.17) is 14.9 Å². The molecule has 0 saturated carbocycles. The molecule has 2 aromatic heterocycles. The summed E-state index contributed by atoms with van der Waals surface area (Å²) < 4.78 is 10.4. The molecule has 3 N–H and O–H groups in total. The number of ether oxygens (including phenoxy) is 1. The molecule has 2 amide bonds. The molecule has 1 aromatic carbocycles. The molecule has 0 aliphatic rings. The van der Waals surface area contributed by atoms with E-state index in [1.165, 1.54) is 6.20 Å². The van der Waals surface area contributed by atoms with Gasteiger partial charge in [0.05, 0.1) is 5.39 Å². The Kier molecular flexibility index (Phi) is 3.45. The Morgan fingerprint density at radius 2 is 1.91 bits per heavy atom. The van der Waals surface area contributed by atoms with Crippen LogP contribution in [0.4, 0.5) is 10.5 Å². The number of hydrogen-bond donors (Lipinski definition) is 2. The highest BCUT2D eigenvalue weighted by Crippen LogP contribution is 2.29. The summed E-state index contributed by atoms with van der Waals surface area (Å²) in [5, 5.41) is 2.93. The second-order valence-electron chi connectivity index (χ2n) is 4.35. The predicted octanol–water partition coefficient (Wildman–Crippen LogP) is 2.54. The lowest BCUT2D eigenvalue weighted by molar-refractivity contribution is 0.0977. The van der Waals surface area contributed by atoms with Gasteiger partial charge in [0.25, 0.3) is 5.91 Å². The quantitative estimate of drug-likeness (QED) is 0.772. The number of nitrogens with one attached hydrogen (secondary N) is 1. The molecule has 0 spiro atoms. The van der Waals surface area contributed by atoms with Gasteiger partial charge in [-0.05, 0) is 24.3 Å². The largest absolute Gasteiger partial charge is 0.430 e. The number of pyridine rings is 1. The number of hydrogen-bond acceptors (Lipinski definition) is 5. The summed E-state index contributed by atoms with van der Waals surface area (Å²) in [6.07, 6.45) is 0.739. The van der Waals surface area contributed by atoms with Crippen molar-refractivity contribution in [2.45, 2.75) is 0 Å². The maximum absolute atomic E-state index is 12.0. The smallest absolute Gasteiger partial charge is 0.417 e. The Hall–Kier alpha value is -3.35. The van der Waals surface area contributed by atoms with Crippen molar-refractivity contribution < 1.29 is 18.7 Å². The summed E-state index contributed by atoms with van der Waals surface area (Å²) in [5.41, 5.74) is 5.59. The normalized spacial score (nSPS) is 10.4. The fourth-order valence-electron chi connectivity index (χ4n) is 1.95. The standard InChI is InChI=1S/C15H11N3O4/c16-13(19)12-11(10-7-4-8-17-14(10)22-12)18-15(20)21-9-5-2-1-3-6-9/h1-8H,(H2,16,19)(H,18,20). The van der Waals surface area contributed by atoms with Gasteiger partial charge in [0, 0.05) is 6.20 Å². The van der Waals surface area contributed by atoms with Crippen LogP contribution in [0.5, 0.6) is 5.75 Å². The Morgan fingerprint density at radius 1 is 1.14 bits per heavy atom. The van der Waals surface area contributed by atoms with Gasteiger partial charge in [-0.1, -0.05) is 18.2 Å². The molecule has 2 heterocycles. The molecule has 0 aliphatic heterocycles. The van der Waals surface area contributed by atoms with Crippen LogP contribution in [0, 0.1) is 0 Å². The number of fused-ring (bicyclic) bond motifs is 1. The van der Waals surface area contributed by atoms with E-state index in [-0.39, 0.29) is 17.2 Å². The average Bonchev–Trinajstić information content (AvgIpc) is 2.87. The van der Waals surface area contributed by atoms with Gasteiger partial charge in [-0.2, -0.15) is 0 Å². The van der Waals surface area contributed by atoms with Crippen LogP contribution in [0.1, 0.15) is 10.6 Å². The molecule has 7 heteroatoms. The van der Waals surface area contributed by atoms with Gasteiger partial charge in [0.15, 0.2) is 0 Å². The van der Waals surface area contributed by atoms with Gasteiger partial charge < -0.3 is 14.9 Å². The van der Waals surface area contributed by atoms with Crippen LogP contribution in [0.3, 0.4) is 0 Å². The molecule has 3 aromatic rings.